The number of carbonyl (C=O) groups is 2. The number of hydrogen-bond acceptors (Lipinski definition) is 7. The van der Waals surface area contributed by atoms with Crippen molar-refractivity contribution in [3.05, 3.63) is 23.8 Å². The van der Waals surface area contributed by atoms with Crippen molar-refractivity contribution in [2.75, 3.05) is 40.0 Å². The highest BCUT2D eigenvalue weighted by molar-refractivity contribution is 7.89. The van der Waals surface area contributed by atoms with E-state index < -0.39 is 34.0 Å². The first-order valence-corrected chi connectivity index (χ1v) is 10.2. The van der Waals surface area contributed by atoms with E-state index in [0.29, 0.717) is 13.2 Å². The van der Waals surface area contributed by atoms with Crippen molar-refractivity contribution >= 4 is 21.9 Å². The quantitative estimate of drug-likeness (QED) is 0.685. The minimum Gasteiger partial charge on any atom is -0.495 e. The molecule has 156 valence electrons. The summed E-state index contributed by atoms with van der Waals surface area (Å²) in [5.74, 6) is -1.13. The summed E-state index contributed by atoms with van der Waals surface area (Å²) < 4.78 is 42.5. The molecule has 0 aliphatic carbocycles. The first-order valence-electron chi connectivity index (χ1n) is 8.78. The molecule has 1 aromatic carbocycles. The Kier molecular flexibility index (Phi) is 7.02. The number of carbonyl (C=O) groups excluding carboxylic acids is 2. The molecule has 1 aliphatic rings. The van der Waals surface area contributed by atoms with Crippen LogP contribution in [0.2, 0.25) is 0 Å². The third-order valence-corrected chi connectivity index (χ3v) is 5.76. The smallest absolute Gasteiger partial charge is 0.338 e. The molecule has 9 nitrogen and oxygen atoms in total. The van der Waals surface area contributed by atoms with Gasteiger partial charge in [-0.3, -0.25) is 4.79 Å². The van der Waals surface area contributed by atoms with Gasteiger partial charge in [-0.1, -0.05) is 0 Å². The van der Waals surface area contributed by atoms with E-state index in [0.717, 1.165) is 0 Å². The standard InChI is InChI=1S/C18H26N2O7S/c1-18(2,3)19-16(21)12-27-17(22)13-5-6-14(25-4)15(11-13)28(23,24)20-7-9-26-10-8-20/h5-6,11H,7-10,12H2,1-4H3,(H,19,21). The fraction of sp³-hybridized carbons (Fsp3) is 0.556. The number of morpholine rings is 1. The van der Waals surface area contributed by atoms with Gasteiger partial charge in [0.15, 0.2) is 6.61 Å². The minimum atomic E-state index is -3.87. The van der Waals surface area contributed by atoms with E-state index in [-0.39, 0.29) is 29.3 Å². The largest absolute Gasteiger partial charge is 0.495 e. The van der Waals surface area contributed by atoms with Gasteiger partial charge >= 0.3 is 5.97 Å². The van der Waals surface area contributed by atoms with E-state index in [2.05, 4.69) is 5.32 Å². The van der Waals surface area contributed by atoms with Crippen molar-refractivity contribution in [1.82, 2.24) is 9.62 Å². The van der Waals surface area contributed by atoms with Crippen LogP contribution in [0.1, 0.15) is 31.1 Å². The number of nitrogens with zero attached hydrogens (tertiary/aromatic N) is 1. The van der Waals surface area contributed by atoms with Crippen molar-refractivity contribution in [3.63, 3.8) is 0 Å². The normalized spacial score (nSPS) is 15.7. The molecule has 0 saturated carbocycles. The van der Waals surface area contributed by atoms with Crippen molar-refractivity contribution in [1.29, 1.82) is 0 Å². The van der Waals surface area contributed by atoms with Crippen molar-refractivity contribution in [2.45, 2.75) is 31.2 Å². The second-order valence-corrected chi connectivity index (χ2v) is 9.16. The number of esters is 1. The average molecular weight is 414 g/mol. The van der Waals surface area contributed by atoms with Crippen LogP contribution in [0.5, 0.6) is 5.75 Å². The van der Waals surface area contributed by atoms with Gasteiger partial charge in [-0.15, -0.1) is 0 Å². The zero-order valence-corrected chi connectivity index (χ0v) is 17.3. The molecule has 1 aliphatic heterocycles. The van der Waals surface area contributed by atoms with Crippen molar-refractivity contribution in [2.24, 2.45) is 0 Å². The molecular weight excluding hydrogens is 388 g/mol. The van der Waals surface area contributed by atoms with Gasteiger partial charge in [0, 0.05) is 18.6 Å². The number of sulfonamides is 1. The molecule has 0 bridgehead atoms. The van der Waals surface area contributed by atoms with Crippen LogP contribution in [0, 0.1) is 0 Å². The van der Waals surface area contributed by atoms with Gasteiger partial charge in [0.1, 0.15) is 10.6 Å². The number of benzene rings is 1. The molecule has 1 saturated heterocycles. The number of rotatable bonds is 6. The monoisotopic (exact) mass is 414 g/mol. The molecule has 0 spiro atoms. The maximum atomic E-state index is 12.9. The summed E-state index contributed by atoms with van der Waals surface area (Å²) in [7, 11) is -2.53. The van der Waals surface area contributed by atoms with Crippen LogP contribution >= 0.6 is 0 Å². The van der Waals surface area contributed by atoms with E-state index in [1.807, 2.05) is 0 Å². The van der Waals surface area contributed by atoms with E-state index in [1.54, 1.807) is 20.8 Å². The van der Waals surface area contributed by atoms with Gasteiger partial charge in [-0.2, -0.15) is 4.31 Å². The fourth-order valence-electron chi connectivity index (χ4n) is 2.60. The highest BCUT2D eigenvalue weighted by Gasteiger charge is 2.30. The zero-order valence-electron chi connectivity index (χ0n) is 16.5. The summed E-state index contributed by atoms with van der Waals surface area (Å²) in [5, 5.41) is 2.67. The Balaban J connectivity index is 2.19. The number of ether oxygens (including phenoxy) is 3. The van der Waals surface area contributed by atoms with E-state index >= 15 is 0 Å². The molecule has 28 heavy (non-hydrogen) atoms. The van der Waals surface area contributed by atoms with Crippen LogP contribution in [0.3, 0.4) is 0 Å². The van der Waals surface area contributed by atoms with Gasteiger partial charge in [0.25, 0.3) is 5.91 Å². The summed E-state index contributed by atoms with van der Waals surface area (Å²) in [4.78, 5) is 24.0. The average Bonchev–Trinajstić information content (AvgIpc) is 2.65. The van der Waals surface area contributed by atoms with Crippen LogP contribution in [0.4, 0.5) is 0 Å². The van der Waals surface area contributed by atoms with E-state index in [1.165, 1.54) is 29.6 Å². The second-order valence-electron chi connectivity index (χ2n) is 7.26. The Hall–Kier alpha value is -2.17. The lowest BCUT2D eigenvalue weighted by molar-refractivity contribution is -0.125. The topological polar surface area (TPSA) is 111 Å². The number of amides is 1. The molecule has 1 amide bonds. The first kappa shape index (κ1) is 22.1. The molecule has 1 heterocycles. The fourth-order valence-corrected chi connectivity index (χ4v) is 4.19. The van der Waals surface area contributed by atoms with Crippen LogP contribution in [-0.4, -0.2) is 70.2 Å². The number of hydrogen-bond donors (Lipinski definition) is 1. The van der Waals surface area contributed by atoms with E-state index in [4.69, 9.17) is 14.2 Å². The third-order valence-electron chi connectivity index (χ3n) is 3.84. The summed E-state index contributed by atoms with van der Waals surface area (Å²) in [6.45, 7) is 5.98. The van der Waals surface area contributed by atoms with Gasteiger partial charge < -0.3 is 19.5 Å². The zero-order chi connectivity index (χ0) is 20.9. The van der Waals surface area contributed by atoms with Crippen LogP contribution in [0.25, 0.3) is 0 Å². The lowest BCUT2D eigenvalue weighted by Gasteiger charge is -2.26. The van der Waals surface area contributed by atoms with Crippen molar-refractivity contribution in [3.8, 4) is 5.75 Å². The Morgan fingerprint density at radius 1 is 1.21 bits per heavy atom. The molecule has 0 radical (unpaired) electrons. The molecule has 1 N–H and O–H groups in total. The molecule has 2 rings (SSSR count). The maximum absolute atomic E-state index is 12.9. The molecule has 0 aromatic heterocycles. The molecule has 1 fully saturated rings. The molecular formula is C18H26N2O7S. The second kappa shape index (κ2) is 8.89. The van der Waals surface area contributed by atoms with E-state index in [9.17, 15) is 18.0 Å². The first-order chi connectivity index (χ1) is 13.0. The number of nitrogens with one attached hydrogen (secondary N) is 1. The van der Waals surface area contributed by atoms with Gasteiger partial charge in [-0.05, 0) is 39.0 Å². The third kappa shape index (κ3) is 5.66. The van der Waals surface area contributed by atoms with Crippen LogP contribution in [0.15, 0.2) is 23.1 Å². The predicted octanol–water partition coefficient (Wildman–Crippen LogP) is 0.788. The summed E-state index contributed by atoms with van der Waals surface area (Å²) >= 11 is 0. The maximum Gasteiger partial charge on any atom is 0.338 e. The number of methoxy groups -OCH3 is 1. The highest BCUT2D eigenvalue weighted by atomic mass is 32.2. The molecule has 0 unspecified atom stereocenters. The SMILES string of the molecule is COc1ccc(C(=O)OCC(=O)NC(C)(C)C)cc1S(=O)(=O)N1CCOCC1. The Labute approximate surface area is 165 Å². The molecule has 10 heteroatoms. The summed E-state index contributed by atoms with van der Waals surface area (Å²) in [6.07, 6.45) is 0. The van der Waals surface area contributed by atoms with Crippen molar-refractivity contribution < 1.29 is 32.2 Å². The summed E-state index contributed by atoms with van der Waals surface area (Å²) in [6, 6.07) is 3.98. The molecule has 1 aromatic rings. The Bertz CT molecular complexity index is 825. The van der Waals surface area contributed by atoms with Crippen LogP contribution in [-0.2, 0) is 24.3 Å². The summed E-state index contributed by atoms with van der Waals surface area (Å²) in [5.41, 5.74) is -0.445. The van der Waals surface area contributed by atoms with Gasteiger partial charge in [-0.25, -0.2) is 13.2 Å². The van der Waals surface area contributed by atoms with Gasteiger partial charge in [0.2, 0.25) is 10.0 Å². The highest BCUT2D eigenvalue weighted by Crippen LogP contribution is 2.28. The Morgan fingerprint density at radius 3 is 2.43 bits per heavy atom. The lowest BCUT2D eigenvalue weighted by Crippen LogP contribution is -2.42. The molecule has 0 atom stereocenters. The predicted molar refractivity (Wildman–Crippen MR) is 101 cm³/mol. The lowest BCUT2D eigenvalue weighted by atomic mass is 10.1. The Morgan fingerprint density at radius 2 is 1.86 bits per heavy atom. The van der Waals surface area contributed by atoms with Crippen LogP contribution < -0.4 is 10.1 Å². The minimum absolute atomic E-state index is 0.0104. The van der Waals surface area contributed by atoms with Gasteiger partial charge in [0.05, 0.1) is 25.9 Å².